The van der Waals surface area contributed by atoms with Gasteiger partial charge in [0.1, 0.15) is -0.0619 Å². The summed E-state index contributed by atoms with van der Waals surface area (Å²) in [6, 6.07) is 0. The van der Waals surface area contributed by atoms with Crippen molar-refractivity contribution < 1.29 is 0 Å². The van der Waals surface area contributed by atoms with Gasteiger partial charge in [0, 0.05) is 0 Å². The van der Waals surface area contributed by atoms with E-state index in [0.29, 0.717) is 0 Å². The predicted molar refractivity (Wildman–Crippen MR) is 57.2 cm³/mol. The van der Waals surface area contributed by atoms with Crippen LogP contribution in [0.3, 0.4) is 0 Å². The first-order valence-electron chi connectivity index (χ1n) is 1.65. The molecule has 0 atom stereocenters. The van der Waals surface area contributed by atoms with Gasteiger partial charge in [-0.05, 0) is 0 Å². The number of halogens is 3. The van der Waals surface area contributed by atoms with E-state index in [0.717, 1.165) is -0.0619 Å². The molecule has 0 rings (SSSR count). The number of rotatable bonds is 0. The van der Waals surface area contributed by atoms with Crippen LogP contribution in [0.2, 0.25) is 0 Å². The molecule has 0 unspecified atom stereocenters. The molecule has 0 saturated heterocycles. The van der Waals surface area contributed by atoms with Crippen LogP contribution in [0.25, 0.3) is 0 Å². The van der Waals surface area contributed by atoms with Crippen LogP contribution in [0.15, 0.2) is 0 Å². The fraction of sp³-hybridized carbons (Fsp3) is 1.00. The molecule has 0 spiro atoms. The summed E-state index contributed by atoms with van der Waals surface area (Å²) in [4.78, 5) is 0. The predicted octanol–water partition coefficient (Wildman–Crippen LogP) is 3.60. The van der Waals surface area contributed by atoms with E-state index >= 15 is 0 Å². The van der Waals surface area contributed by atoms with Crippen molar-refractivity contribution in [2.24, 2.45) is 0 Å². The minimum atomic E-state index is 0.743. The molecular weight excluding hydrogens is 417 g/mol. The van der Waals surface area contributed by atoms with Crippen molar-refractivity contribution in [3.8, 4) is 0 Å². The number of hydrogen-bond acceptors (Lipinski definition) is 0. The Balaban J connectivity index is 0. The summed E-state index contributed by atoms with van der Waals surface area (Å²) in [5.74, 6) is 0. The van der Waals surface area contributed by atoms with Gasteiger partial charge in [0.15, 0.2) is 0 Å². The first-order valence-corrected chi connectivity index (χ1v) is 5.39. The van der Waals surface area contributed by atoms with Crippen molar-refractivity contribution in [1.29, 1.82) is 0 Å². The Morgan fingerprint density at radius 1 is 1.00 bits per heavy atom. The van der Waals surface area contributed by atoms with Crippen LogP contribution in [0.5, 0.6) is 0 Å². The first kappa shape index (κ1) is 11.0. The number of alkyl halides is 3. The van der Waals surface area contributed by atoms with E-state index in [1.165, 1.54) is 0 Å². The monoisotopic (exact) mass is 424 g/mol. The molecule has 0 amide bonds. The molecule has 0 aromatic carbocycles. The summed E-state index contributed by atoms with van der Waals surface area (Å²) in [5.41, 5.74) is 0. The SMILES string of the molecule is CC.IC(I)I. The van der Waals surface area contributed by atoms with E-state index in [9.17, 15) is 0 Å². The zero-order valence-corrected chi connectivity index (χ0v) is 10.2. The van der Waals surface area contributed by atoms with Crippen LogP contribution in [-0.2, 0) is 0 Å². The molecule has 0 aromatic rings. The summed E-state index contributed by atoms with van der Waals surface area (Å²) in [5, 5.41) is 0. The van der Waals surface area contributed by atoms with Crippen LogP contribution < -0.4 is 0 Å². The van der Waals surface area contributed by atoms with Crippen molar-refractivity contribution in [3.63, 3.8) is 0 Å². The van der Waals surface area contributed by atoms with Gasteiger partial charge < -0.3 is 0 Å². The third kappa shape index (κ3) is 34.8. The summed E-state index contributed by atoms with van der Waals surface area (Å²) >= 11 is 6.95. The van der Waals surface area contributed by atoms with Crippen LogP contribution >= 0.6 is 67.8 Å². The fourth-order valence-electron chi connectivity index (χ4n) is 0. The lowest BCUT2D eigenvalue weighted by atomic mass is 11.0. The lowest BCUT2D eigenvalue weighted by molar-refractivity contribution is 1.50. The van der Waals surface area contributed by atoms with Gasteiger partial charge in [0.2, 0.25) is 0 Å². The molecule has 0 radical (unpaired) electrons. The van der Waals surface area contributed by atoms with E-state index in [2.05, 4.69) is 67.8 Å². The van der Waals surface area contributed by atoms with Crippen molar-refractivity contribution in [2.75, 3.05) is 0 Å². The minimum absolute atomic E-state index is 0.743. The second-order valence-corrected chi connectivity index (χ2v) is 11.1. The molecule has 0 aliphatic heterocycles. The molecular formula is C3H7I3. The smallest absolute Gasteiger partial charge is 0.0683 e. The Morgan fingerprint density at radius 3 is 1.00 bits per heavy atom. The zero-order chi connectivity index (χ0) is 5.58. The fourth-order valence-corrected chi connectivity index (χ4v) is 0. The minimum Gasteiger partial charge on any atom is -0.0683 e. The third-order valence-corrected chi connectivity index (χ3v) is 0. The second-order valence-electron chi connectivity index (χ2n) is 0.247. The maximum absolute atomic E-state index is 2.32. The summed E-state index contributed by atoms with van der Waals surface area (Å²) in [6.07, 6.45) is 0. The highest BCUT2D eigenvalue weighted by Crippen LogP contribution is 2.16. The van der Waals surface area contributed by atoms with Gasteiger partial charge in [-0.2, -0.15) is 0 Å². The quantitative estimate of drug-likeness (QED) is 0.412. The molecule has 0 fully saturated rings. The van der Waals surface area contributed by atoms with E-state index in [1.54, 1.807) is 0 Å². The normalized spacial score (nSPS) is 7.00. The van der Waals surface area contributed by atoms with Crippen LogP contribution in [0.4, 0.5) is 0 Å². The summed E-state index contributed by atoms with van der Waals surface area (Å²) in [7, 11) is 0. The van der Waals surface area contributed by atoms with Gasteiger partial charge in [-0.1, -0.05) is 81.6 Å². The summed E-state index contributed by atoms with van der Waals surface area (Å²) in [6.45, 7) is 4.00. The van der Waals surface area contributed by atoms with Gasteiger partial charge in [-0.25, -0.2) is 0 Å². The molecule has 6 heavy (non-hydrogen) atoms. The Hall–Kier alpha value is 2.19. The molecule has 3 heteroatoms. The maximum atomic E-state index is 2.32. The molecule has 0 heterocycles. The van der Waals surface area contributed by atoms with Gasteiger partial charge >= 0.3 is 0 Å². The third-order valence-electron chi connectivity index (χ3n) is 0. The van der Waals surface area contributed by atoms with Crippen molar-refractivity contribution >= 4 is 67.8 Å². The van der Waals surface area contributed by atoms with Gasteiger partial charge in [-0.3, -0.25) is 0 Å². The highest BCUT2D eigenvalue weighted by atomic mass is 127. The lowest BCUT2D eigenvalue weighted by Crippen LogP contribution is -1.47. The van der Waals surface area contributed by atoms with Crippen LogP contribution in [-0.4, -0.2) is -0.0619 Å². The van der Waals surface area contributed by atoms with Gasteiger partial charge in [-0.15, -0.1) is 0 Å². The molecule has 0 N–H and O–H groups in total. The van der Waals surface area contributed by atoms with Crippen LogP contribution in [0.1, 0.15) is 13.8 Å². The van der Waals surface area contributed by atoms with E-state index in [1.807, 2.05) is 13.8 Å². The zero-order valence-electron chi connectivity index (χ0n) is 3.71. The average Bonchev–Trinajstić information content (AvgIpc) is 1.41. The molecule has 0 aliphatic rings. The highest BCUT2D eigenvalue weighted by molar-refractivity contribution is 14.3. The topological polar surface area (TPSA) is 0 Å². The second kappa shape index (κ2) is 10.2. The first-order chi connectivity index (χ1) is 2.73. The maximum Gasteiger partial charge on any atom is 0.114 e. The van der Waals surface area contributed by atoms with Crippen molar-refractivity contribution in [1.82, 2.24) is 0 Å². The van der Waals surface area contributed by atoms with E-state index < -0.39 is 0 Å². The molecule has 0 aliphatic carbocycles. The van der Waals surface area contributed by atoms with Gasteiger partial charge in [0.05, 0.1) is 0 Å². The molecule has 0 saturated carbocycles. The molecule has 40 valence electrons. The van der Waals surface area contributed by atoms with E-state index in [4.69, 9.17) is 0 Å². The highest BCUT2D eigenvalue weighted by Gasteiger charge is 1.76. The molecule has 0 aromatic heterocycles. The van der Waals surface area contributed by atoms with Crippen LogP contribution in [0, 0.1) is 0 Å². The lowest BCUT2D eigenvalue weighted by Gasteiger charge is -1.71. The Labute approximate surface area is 80.3 Å². The van der Waals surface area contributed by atoms with Crippen molar-refractivity contribution in [2.45, 2.75) is 13.8 Å². The van der Waals surface area contributed by atoms with Gasteiger partial charge in [0.25, 0.3) is 0 Å². The Morgan fingerprint density at radius 2 is 1.00 bits per heavy atom. The molecule has 0 nitrogen and oxygen atoms in total. The number of hydrogen-bond donors (Lipinski definition) is 0. The van der Waals surface area contributed by atoms with Crippen molar-refractivity contribution in [3.05, 3.63) is 0 Å². The Kier molecular flexibility index (Phi) is 18.8. The average molecular weight is 424 g/mol. The summed E-state index contributed by atoms with van der Waals surface area (Å²) < 4.78 is 0.743. The molecule has 0 bridgehead atoms. The Bertz CT molecular complexity index is 10.8. The van der Waals surface area contributed by atoms with E-state index in [-0.39, 0.29) is 0 Å². The largest absolute Gasteiger partial charge is 0.114 e. The standard InChI is InChI=1S/C2H6.CHI3/c1-2;2-1(3)4/h1-2H3;1H.